The van der Waals surface area contributed by atoms with Gasteiger partial charge in [-0.3, -0.25) is 18.7 Å². The molecule has 22 heavy (non-hydrogen) atoms. The Morgan fingerprint density at radius 2 is 1.09 bits per heavy atom. The van der Waals surface area contributed by atoms with Crippen molar-refractivity contribution in [2.24, 2.45) is 0 Å². The van der Waals surface area contributed by atoms with Crippen LogP contribution in [0.4, 0.5) is 0 Å². The number of carbonyl (C=O) groups is 2. The van der Waals surface area contributed by atoms with Gasteiger partial charge in [-0.2, -0.15) is 0 Å². The quantitative estimate of drug-likeness (QED) is 0.228. The van der Waals surface area contributed by atoms with Gasteiger partial charge in [0.25, 0.3) is 15.6 Å². The molecule has 0 saturated carbocycles. The van der Waals surface area contributed by atoms with Gasteiger partial charge in [-0.05, 0) is 0 Å². The fraction of sp³-hybridized carbons (Fsp3) is 0.667. The first-order chi connectivity index (χ1) is 8.91. The van der Waals surface area contributed by atoms with Crippen molar-refractivity contribution in [1.82, 2.24) is 0 Å². The van der Waals surface area contributed by atoms with Crippen molar-refractivity contribution in [3.63, 3.8) is 0 Å². The molecule has 6 N–H and O–H groups in total. The molecule has 0 rings (SSSR count). The second kappa shape index (κ2) is 14.8. The van der Waals surface area contributed by atoms with Crippen LogP contribution in [0.2, 0.25) is 0 Å². The van der Waals surface area contributed by atoms with Crippen LogP contribution >= 0.6 is 15.6 Å². The average molecular weight is 380 g/mol. The Bertz CT molecular complexity index is 361. The number of aliphatic hydroxyl groups excluding tert-OH is 2. The number of hydrogen-bond acceptors (Lipinski definition) is 10. The zero-order chi connectivity index (χ0) is 16.4. The number of phosphoric ester groups is 2. The van der Waals surface area contributed by atoms with Crippen molar-refractivity contribution in [3.8, 4) is 0 Å². The predicted octanol–water partition coefficient (Wildman–Crippen LogP) is -5.16. The molecule has 0 aromatic heterocycles. The second-order valence-electron chi connectivity index (χ2n) is 2.88. The van der Waals surface area contributed by atoms with Crippen molar-refractivity contribution in [1.29, 1.82) is 0 Å². The van der Waals surface area contributed by atoms with Crippen molar-refractivity contribution in [2.45, 2.75) is 0 Å². The summed E-state index contributed by atoms with van der Waals surface area (Å²) in [6.07, 6.45) is 0. The first kappa shape index (κ1) is 30.1. The fourth-order valence-corrected chi connectivity index (χ4v) is 1.01. The largest absolute Gasteiger partial charge is 2.00 e. The molecule has 0 spiro atoms. The summed E-state index contributed by atoms with van der Waals surface area (Å²) in [6.45, 7) is -3.26. The van der Waals surface area contributed by atoms with E-state index in [4.69, 9.17) is 20.0 Å². The fourth-order valence-electron chi connectivity index (χ4n) is 0.398. The summed E-state index contributed by atoms with van der Waals surface area (Å²) in [6, 6.07) is 0. The third-order valence-electron chi connectivity index (χ3n) is 1.13. The van der Waals surface area contributed by atoms with Crippen LogP contribution in [-0.2, 0) is 27.8 Å². The van der Waals surface area contributed by atoms with E-state index in [2.05, 4.69) is 9.05 Å². The van der Waals surface area contributed by atoms with Gasteiger partial charge in [-0.1, -0.05) is 0 Å². The van der Waals surface area contributed by atoms with Crippen molar-refractivity contribution < 1.29 is 63.0 Å². The second-order valence-corrected chi connectivity index (χ2v) is 5.27. The molecular weight excluding hydrogens is 366 g/mol. The third kappa shape index (κ3) is 28.4. The van der Waals surface area contributed by atoms with Gasteiger partial charge in [-0.15, -0.1) is 0 Å². The van der Waals surface area contributed by atoms with Crippen molar-refractivity contribution in [3.05, 3.63) is 0 Å². The van der Waals surface area contributed by atoms with E-state index in [1.54, 1.807) is 0 Å². The zero-order valence-electron chi connectivity index (χ0n) is 11.0. The number of phosphoric acid groups is 2. The molecule has 0 aromatic rings. The number of aliphatic hydroxyl groups is 2. The Morgan fingerprint density at radius 1 is 0.864 bits per heavy atom. The molecule has 0 radical (unpaired) electrons. The van der Waals surface area contributed by atoms with Gasteiger partial charge in [0.15, 0.2) is 11.6 Å². The van der Waals surface area contributed by atoms with Crippen molar-refractivity contribution in [2.75, 3.05) is 26.4 Å². The van der Waals surface area contributed by atoms with Crippen LogP contribution in [0.3, 0.4) is 0 Å². The van der Waals surface area contributed by atoms with Crippen LogP contribution < -0.4 is 9.79 Å². The van der Waals surface area contributed by atoms with Crippen LogP contribution in [0.25, 0.3) is 0 Å². The average Bonchev–Trinajstić information content (AvgIpc) is 2.31. The molecule has 16 heteroatoms. The summed E-state index contributed by atoms with van der Waals surface area (Å²) in [4.78, 5) is 55.6. The number of hydrogen-bond donors (Lipinski definition) is 4. The van der Waals surface area contributed by atoms with Crippen LogP contribution in [0.15, 0.2) is 0 Å². The maximum absolute atomic E-state index is 10.1. The molecular formula is C6H14MgO13P2. The molecule has 2 unspecified atom stereocenters. The SMILES string of the molecule is O.O=C(CO)COP(=O)([O-])O.O=C(CO)COP(=O)([O-])O.[Mg+2]. The Labute approximate surface area is 140 Å². The molecule has 0 saturated heterocycles. The first-order valence-corrected chi connectivity index (χ1v) is 7.52. The molecule has 0 aromatic carbocycles. The van der Waals surface area contributed by atoms with Gasteiger partial charge in [0.1, 0.15) is 26.4 Å². The molecule has 2 atom stereocenters. The molecule has 0 aliphatic carbocycles. The predicted molar refractivity (Wildman–Crippen MR) is 65.1 cm³/mol. The van der Waals surface area contributed by atoms with E-state index in [1.165, 1.54) is 0 Å². The molecule has 0 amide bonds. The van der Waals surface area contributed by atoms with E-state index in [0.717, 1.165) is 0 Å². The van der Waals surface area contributed by atoms with Crippen LogP contribution in [-0.4, -0.2) is 86.5 Å². The summed E-state index contributed by atoms with van der Waals surface area (Å²) in [7, 11) is -9.63. The van der Waals surface area contributed by atoms with Gasteiger partial charge in [-0.25, -0.2) is 0 Å². The maximum Gasteiger partial charge on any atom is 2.00 e. The Kier molecular flexibility index (Phi) is 20.2. The minimum absolute atomic E-state index is 0. The smallest absolute Gasteiger partial charge is 0.756 e. The molecule has 0 aliphatic heterocycles. The summed E-state index contributed by atoms with van der Waals surface area (Å²) in [5.41, 5.74) is 0. The van der Waals surface area contributed by atoms with Crippen molar-refractivity contribution >= 4 is 50.3 Å². The standard InChI is InChI=1S/2C3H7O6P.Mg.H2O/c2*4-1-3(5)2-9-10(6,7)8;;/h2*4H,1-2H2,(H2,6,7,8);;1H2/q;;+2;/p-2. The van der Waals surface area contributed by atoms with Crippen LogP contribution in [0.1, 0.15) is 0 Å². The molecule has 0 fully saturated rings. The monoisotopic (exact) mass is 380 g/mol. The summed E-state index contributed by atoms with van der Waals surface area (Å²) in [5, 5.41) is 16.1. The molecule has 128 valence electrons. The van der Waals surface area contributed by atoms with Crippen LogP contribution in [0.5, 0.6) is 0 Å². The van der Waals surface area contributed by atoms with Crippen LogP contribution in [0, 0.1) is 0 Å². The Balaban J connectivity index is -0.000000135. The number of Topliss-reactive ketones (excluding diaryl/α,β-unsaturated/α-hetero) is 2. The zero-order valence-corrected chi connectivity index (χ0v) is 14.2. The Hall–Kier alpha value is 0.206. The summed E-state index contributed by atoms with van der Waals surface area (Å²) >= 11 is 0. The van der Waals surface area contributed by atoms with E-state index >= 15 is 0 Å². The number of ketones is 2. The van der Waals surface area contributed by atoms with E-state index in [9.17, 15) is 28.5 Å². The minimum Gasteiger partial charge on any atom is -0.756 e. The van der Waals surface area contributed by atoms with E-state index in [0.29, 0.717) is 0 Å². The minimum atomic E-state index is -4.81. The normalized spacial score (nSPS) is 14.8. The third-order valence-corrected chi connectivity index (χ3v) is 2.04. The molecule has 0 bridgehead atoms. The number of rotatable bonds is 8. The Morgan fingerprint density at radius 3 is 1.23 bits per heavy atom. The number of carbonyl (C=O) groups excluding carboxylic acids is 2. The molecule has 13 nitrogen and oxygen atoms in total. The maximum atomic E-state index is 10.1. The van der Waals surface area contributed by atoms with Gasteiger partial charge in [0.2, 0.25) is 0 Å². The molecule has 0 heterocycles. The first-order valence-electron chi connectivity index (χ1n) is 4.53. The summed E-state index contributed by atoms with van der Waals surface area (Å²) < 4.78 is 26.8. The topological polar surface area (TPSA) is 245 Å². The van der Waals surface area contributed by atoms with Gasteiger partial charge >= 0.3 is 23.1 Å². The van der Waals surface area contributed by atoms with Gasteiger partial charge in [0.05, 0.1) is 0 Å². The van der Waals surface area contributed by atoms with E-state index in [-0.39, 0.29) is 28.5 Å². The summed E-state index contributed by atoms with van der Waals surface area (Å²) in [5.74, 6) is -1.63. The molecule has 0 aliphatic rings. The van der Waals surface area contributed by atoms with Gasteiger partial charge in [0, 0.05) is 0 Å². The van der Waals surface area contributed by atoms with Gasteiger partial charge < -0.3 is 44.3 Å². The van der Waals surface area contributed by atoms with E-state index < -0.39 is 53.6 Å². The van der Waals surface area contributed by atoms with E-state index in [1.807, 2.05) is 0 Å².